The normalized spacial score (nSPS) is 20.5. The zero-order chi connectivity index (χ0) is 20.5. The lowest BCUT2D eigenvalue weighted by atomic mass is 10.0. The van der Waals surface area contributed by atoms with Gasteiger partial charge in [0.15, 0.2) is 0 Å². The van der Waals surface area contributed by atoms with Crippen molar-refractivity contribution in [2.45, 2.75) is 31.3 Å². The smallest absolute Gasteiger partial charge is 0.303 e. The van der Waals surface area contributed by atoms with Crippen LogP contribution in [-0.2, 0) is 14.4 Å². The molecule has 0 unspecified atom stereocenters. The molecule has 0 bridgehead atoms. The number of anilines is 1. The fourth-order valence-corrected chi connectivity index (χ4v) is 4.46. The van der Waals surface area contributed by atoms with Crippen LogP contribution >= 0.6 is 11.3 Å². The maximum atomic E-state index is 13.2. The van der Waals surface area contributed by atoms with E-state index in [1.54, 1.807) is 23.5 Å². The van der Waals surface area contributed by atoms with Crippen molar-refractivity contribution in [3.8, 4) is 11.1 Å². The molecular weight excluding hydrogens is 394 g/mol. The van der Waals surface area contributed by atoms with Crippen LogP contribution in [0.5, 0.6) is 0 Å². The third-order valence-electron chi connectivity index (χ3n) is 5.20. The highest BCUT2D eigenvalue weighted by Gasteiger charge is 2.45. The summed E-state index contributed by atoms with van der Waals surface area (Å²) < 4.78 is 0. The van der Waals surface area contributed by atoms with E-state index in [4.69, 9.17) is 5.11 Å². The van der Waals surface area contributed by atoms with Gasteiger partial charge in [-0.15, -0.1) is 0 Å². The van der Waals surface area contributed by atoms with Crippen molar-refractivity contribution >= 4 is 40.7 Å². The minimum Gasteiger partial charge on any atom is -0.481 e. The molecule has 0 spiro atoms. The van der Waals surface area contributed by atoms with Crippen molar-refractivity contribution in [2.75, 3.05) is 11.9 Å². The molecule has 150 valence electrons. The van der Waals surface area contributed by atoms with Crippen molar-refractivity contribution in [1.29, 1.82) is 0 Å². The number of carboxylic acid groups (broad SMARTS) is 1. The fourth-order valence-electron chi connectivity index (χ4n) is 3.79. The summed E-state index contributed by atoms with van der Waals surface area (Å²) in [5, 5.41) is 18.2. The van der Waals surface area contributed by atoms with Crippen LogP contribution in [0.2, 0.25) is 0 Å². The van der Waals surface area contributed by atoms with Gasteiger partial charge in [0, 0.05) is 13.0 Å². The highest BCUT2D eigenvalue weighted by atomic mass is 32.1. The van der Waals surface area contributed by atoms with Gasteiger partial charge in [0.25, 0.3) is 5.91 Å². The van der Waals surface area contributed by atoms with E-state index in [1.165, 1.54) is 4.90 Å². The van der Waals surface area contributed by atoms with Crippen molar-refractivity contribution in [3.63, 3.8) is 0 Å². The number of carbonyl (C=O) groups excluding carboxylic acids is 3. The lowest BCUT2D eigenvalue weighted by molar-refractivity contribution is -0.139. The fraction of sp³-hybridized carbons (Fsp3) is 0.300. The first kappa shape index (κ1) is 19.1. The number of carboxylic acids is 1. The largest absolute Gasteiger partial charge is 0.481 e. The number of hydrogen-bond acceptors (Lipinski definition) is 5. The van der Waals surface area contributed by atoms with E-state index in [0.29, 0.717) is 24.2 Å². The number of nitrogens with zero attached hydrogens (tertiary/aromatic N) is 1. The van der Waals surface area contributed by atoms with Crippen molar-refractivity contribution < 1.29 is 24.3 Å². The van der Waals surface area contributed by atoms with Gasteiger partial charge in [-0.1, -0.05) is 6.07 Å². The molecule has 0 saturated carbocycles. The standard InChI is InChI=1S/C20H19N3O5S/c24-16(3-4-17(25)26)21-15-5-7-23-18(15)19(27)22-14-2-1-11(9-13(14)20(23)28)12-6-8-29-10-12/h1-2,6,8-10,15,18H,3-5,7H2,(H,21,24)(H,22,27)(H,25,26)/t15-,18-/m0/s1. The molecule has 1 fully saturated rings. The van der Waals surface area contributed by atoms with Gasteiger partial charge < -0.3 is 20.6 Å². The number of thiophene rings is 1. The highest BCUT2D eigenvalue weighted by molar-refractivity contribution is 7.08. The molecule has 9 heteroatoms. The summed E-state index contributed by atoms with van der Waals surface area (Å²) in [6.07, 6.45) is -0.0185. The molecule has 8 nitrogen and oxygen atoms in total. The average molecular weight is 413 g/mol. The maximum absolute atomic E-state index is 13.2. The van der Waals surface area contributed by atoms with E-state index in [2.05, 4.69) is 10.6 Å². The molecule has 29 heavy (non-hydrogen) atoms. The van der Waals surface area contributed by atoms with Gasteiger partial charge in [0.1, 0.15) is 6.04 Å². The first-order valence-electron chi connectivity index (χ1n) is 9.23. The number of amides is 3. The van der Waals surface area contributed by atoms with Crippen LogP contribution in [0.1, 0.15) is 29.6 Å². The van der Waals surface area contributed by atoms with Crippen LogP contribution in [0.3, 0.4) is 0 Å². The van der Waals surface area contributed by atoms with Gasteiger partial charge in [-0.25, -0.2) is 0 Å². The lowest BCUT2D eigenvalue weighted by Crippen LogP contribution is -2.51. The van der Waals surface area contributed by atoms with Crippen molar-refractivity contribution in [3.05, 3.63) is 40.6 Å². The molecule has 1 aromatic heterocycles. The summed E-state index contributed by atoms with van der Waals surface area (Å²) in [6.45, 7) is 0.336. The SMILES string of the molecule is O=C(O)CCC(=O)N[C@H]1CCN2C(=O)c3cc(-c4ccsc4)ccc3NC(=O)[C@H]12. The average Bonchev–Trinajstić information content (AvgIpc) is 3.34. The second kappa shape index (κ2) is 7.67. The number of aliphatic carboxylic acids is 1. The summed E-state index contributed by atoms with van der Waals surface area (Å²) >= 11 is 1.56. The third-order valence-corrected chi connectivity index (χ3v) is 5.89. The first-order chi connectivity index (χ1) is 13.9. The van der Waals surface area contributed by atoms with E-state index in [0.717, 1.165) is 11.1 Å². The van der Waals surface area contributed by atoms with Crippen LogP contribution in [-0.4, -0.2) is 52.3 Å². The first-order valence-corrected chi connectivity index (χ1v) is 10.2. The second-order valence-electron chi connectivity index (χ2n) is 7.06. The summed E-state index contributed by atoms with van der Waals surface area (Å²) in [6, 6.07) is 5.95. The van der Waals surface area contributed by atoms with Crippen LogP contribution < -0.4 is 10.6 Å². The summed E-state index contributed by atoms with van der Waals surface area (Å²) in [5.74, 6) is -2.13. The zero-order valence-electron chi connectivity index (χ0n) is 15.4. The van der Waals surface area contributed by atoms with Gasteiger partial charge in [-0.2, -0.15) is 11.3 Å². The quantitative estimate of drug-likeness (QED) is 0.693. The molecule has 4 rings (SSSR count). The number of carbonyl (C=O) groups is 4. The predicted octanol–water partition coefficient (Wildman–Crippen LogP) is 1.93. The number of rotatable bonds is 5. The Morgan fingerprint density at radius 1 is 1.21 bits per heavy atom. The molecule has 3 N–H and O–H groups in total. The zero-order valence-corrected chi connectivity index (χ0v) is 16.2. The number of nitrogens with one attached hydrogen (secondary N) is 2. The molecule has 3 heterocycles. The lowest BCUT2D eigenvalue weighted by Gasteiger charge is -2.24. The Bertz CT molecular complexity index is 988. The summed E-state index contributed by atoms with van der Waals surface area (Å²) in [5.41, 5.74) is 2.76. The van der Waals surface area contributed by atoms with E-state index in [-0.39, 0.29) is 24.7 Å². The van der Waals surface area contributed by atoms with Crippen molar-refractivity contribution in [2.24, 2.45) is 0 Å². The van der Waals surface area contributed by atoms with E-state index in [9.17, 15) is 19.2 Å². The molecular formula is C20H19N3O5S. The van der Waals surface area contributed by atoms with E-state index in [1.807, 2.05) is 22.9 Å². The molecule has 2 aromatic rings. The van der Waals surface area contributed by atoms with Gasteiger partial charge in [-0.05, 0) is 46.5 Å². The van der Waals surface area contributed by atoms with Gasteiger partial charge in [0.2, 0.25) is 11.8 Å². The summed E-state index contributed by atoms with van der Waals surface area (Å²) in [4.78, 5) is 50.2. The number of hydrogen-bond donors (Lipinski definition) is 3. The van der Waals surface area contributed by atoms with Crippen LogP contribution in [0.25, 0.3) is 11.1 Å². The number of fused-ring (bicyclic) bond motifs is 2. The van der Waals surface area contributed by atoms with Crippen LogP contribution in [0.15, 0.2) is 35.0 Å². The van der Waals surface area contributed by atoms with E-state index < -0.39 is 24.0 Å². The van der Waals surface area contributed by atoms with Gasteiger partial charge in [-0.3, -0.25) is 19.2 Å². The molecule has 1 saturated heterocycles. The molecule has 2 atom stereocenters. The Kier molecular flexibility index (Phi) is 5.06. The summed E-state index contributed by atoms with van der Waals surface area (Å²) in [7, 11) is 0. The Balaban J connectivity index is 1.57. The topological polar surface area (TPSA) is 116 Å². The molecule has 2 aliphatic rings. The molecule has 0 radical (unpaired) electrons. The van der Waals surface area contributed by atoms with Crippen LogP contribution in [0, 0.1) is 0 Å². The maximum Gasteiger partial charge on any atom is 0.303 e. The van der Waals surface area contributed by atoms with Crippen molar-refractivity contribution in [1.82, 2.24) is 10.2 Å². The minimum atomic E-state index is -1.06. The molecule has 0 aliphatic carbocycles. The Hall–Kier alpha value is -3.20. The molecule has 1 aromatic carbocycles. The monoisotopic (exact) mass is 413 g/mol. The second-order valence-corrected chi connectivity index (χ2v) is 7.84. The highest BCUT2D eigenvalue weighted by Crippen LogP contribution is 2.32. The van der Waals surface area contributed by atoms with Gasteiger partial charge in [0.05, 0.1) is 23.7 Å². The molecule has 3 amide bonds. The number of benzene rings is 1. The molecule has 2 aliphatic heterocycles. The Morgan fingerprint density at radius 3 is 2.76 bits per heavy atom. The van der Waals surface area contributed by atoms with E-state index >= 15 is 0 Å². The minimum absolute atomic E-state index is 0.168. The third kappa shape index (κ3) is 3.73. The van der Waals surface area contributed by atoms with Crippen LogP contribution in [0.4, 0.5) is 5.69 Å². The predicted molar refractivity (Wildman–Crippen MR) is 107 cm³/mol. The Morgan fingerprint density at radius 2 is 2.03 bits per heavy atom. The van der Waals surface area contributed by atoms with Gasteiger partial charge >= 0.3 is 5.97 Å². The Labute approximate surface area is 170 Å².